The zero-order valence-electron chi connectivity index (χ0n) is 9.68. The van der Waals surface area contributed by atoms with Crippen LogP contribution in [-0.2, 0) is 5.41 Å². The van der Waals surface area contributed by atoms with Crippen molar-refractivity contribution in [3.05, 3.63) is 27.9 Å². The van der Waals surface area contributed by atoms with E-state index < -0.39 is 11.5 Å². The molecular weight excluding hydrogens is 224 g/mol. The fourth-order valence-corrected chi connectivity index (χ4v) is 1.34. The molecule has 0 spiro atoms. The van der Waals surface area contributed by atoms with Crippen LogP contribution in [0, 0.1) is 0 Å². The second kappa shape index (κ2) is 3.41. The molecule has 7 nitrogen and oxygen atoms in total. The van der Waals surface area contributed by atoms with Crippen molar-refractivity contribution in [2.75, 3.05) is 0 Å². The Bertz CT molecular complexity index is 648. The second-order valence-corrected chi connectivity index (χ2v) is 4.74. The van der Waals surface area contributed by atoms with E-state index in [9.17, 15) is 9.59 Å². The van der Waals surface area contributed by atoms with Gasteiger partial charge in [-0.25, -0.2) is 9.78 Å². The number of nitrogens with zero attached hydrogens (tertiary/aromatic N) is 3. The molecule has 0 radical (unpaired) electrons. The van der Waals surface area contributed by atoms with E-state index in [1.54, 1.807) is 0 Å². The van der Waals surface area contributed by atoms with Gasteiger partial charge in [0.25, 0.3) is 11.3 Å². The Balaban J connectivity index is 2.75. The maximum Gasteiger partial charge on any atom is 0.343 e. The third-order valence-corrected chi connectivity index (χ3v) is 2.31. The molecule has 0 saturated heterocycles. The number of H-pyrrole nitrogens is 1. The van der Waals surface area contributed by atoms with Gasteiger partial charge in [0.05, 0.1) is 6.20 Å². The summed E-state index contributed by atoms with van der Waals surface area (Å²) >= 11 is 0. The molecule has 0 amide bonds. The highest BCUT2D eigenvalue weighted by atomic mass is 16.4. The quantitative estimate of drug-likeness (QED) is 0.747. The van der Waals surface area contributed by atoms with E-state index in [0.717, 1.165) is 10.7 Å². The van der Waals surface area contributed by atoms with E-state index in [2.05, 4.69) is 15.1 Å². The topological polar surface area (TPSA) is 100 Å². The Kier molecular flexibility index (Phi) is 2.27. The largest absolute Gasteiger partial charge is 0.477 e. The van der Waals surface area contributed by atoms with Gasteiger partial charge in [0.1, 0.15) is 11.4 Å². The number of aromatic amines is 1. The number of carboxylic acids is 1. The van der Waals surface area contributed by atoms with Crippen molar-refractivity contribution in [1.29, 1.82) is 0 Å². The zero-order chi connectivity index (χ0) is 12.8. The van der Waals surface area contributed by atoms with E-state index in [1.807, 2.05) is 20.8 Å². The zero-order valence-corrected chi connectivity index (χ0v) is 9.68. The molecule has 0 aliphatic rings. The van der Waals surface area contributed by atoms with Gasteiger partial charge in [-0.05, 0) is 0 Å². The smallest absolute Gasteiger partial charge is 0.343 e. The van der Waals surface area contributed by atoms with Crippen molar-refractivity contribution >= 4 is 11.7 Å². The first-order chi connectivity index (χ1) is 7.80. The van der Waals surface area contributed by atoms with Gasteiger partial charge < -0.3 is 5.11 Å². The normalized spacial score (nSPS) is 11.9. The van der Waals surface area contributed by atoms with Crippen molar-refractivity contribution in [2.24, 2.45) is 0 Å². The van der Waals surface area contributed by atoms with Gasteiger partial charge in [0.2, 0.25) is 0 Å². The van der Waals surface area contributed by atoms with Gasteiger partial charge in [0, 0.05) is 5.41 Å². The van der Waals surface area contributed by atoms with Crippen LogP contribution in [0.1, 0.15) is 37.0 Å². The average molecular weight is 236 g/mol. The van der Waals surface area contributed by atoms with E-state index in [1.165, 1.54) is 0 Å². The van der Waals surface area contributed by atoms with Crippen molar-refractivity contribution in [1.82, 2.24) is 19.6 Å². The van der Waals surface area contributed by atoms with Crippen molar-refractivity contribution in [3.8, 4) is 0 Å². The number of carboxylic acid groups (broad SMARTS) is 1. The number of aromatic nitrogens is 4. The first-order valence-electron chi connectivity index (χ1n) is 5.02. The van der Waals surface area contributed by atoms with Gasteiger partial charge in [-0.2, -0.15) is 9.50 Å². The number of aromatic carboxylic acids is 1. The summed E-state index contributed by atoms with van der Waals surface area (Å²) in [4.78, 5) is 30.5. The van der Waals surface area contributed by atoms with Gasteiger partial charge in [0.15, 0.2) is 0 Å². The first kappa shape index (κ1) is 11.3. The molecule has 0 saturated carbocycles. The molecule has 2 heterocycles. The number of rotatable bonds is 1. The molecule has 90 valence electrons. The Labute approximate surface area is 96.1 Å². The lowest BCUT2D eigenvalue weighted by Crippen LogP contribution is -2.23. The monoisotopic (exact) mass is 236 g/mol. The summed E-state index contributed by atoms with van der Waals surface area (Å²) in [5, 5.41) is 11.6. The van der Waals surface area contributed by atoms with Crippen LogP contribution in [0.25, 0.3) is 5.78 Å². The molecule has 0 fully saturated rings. The maximum atomic E-state index is 11.8. The maximum absolute atomic E-state index is 11.8. The molecule has 0 unspecified atom stereocenters. The molecule has 2 aromatic rings. The van der Waals surface area contributed by atoms with Crippen LogP contribution in [0.2, 0.25) is 0 Å². The van der Waals surface area contributed by atoms with E-state index in [0.29, 0.717) is 5.82 Å². The molecule has 7 heteroatoms. The van der Waals surface area contributed by atoms with Crippen molar-refractivity contribution < 1.29 is 9.90 Å². The van der Waals surface area contributed by atoms with Crippen LogP contribution in [0.15, 0.2) is 11.0 Å². The van der Waals surface area contributed by atoms with Crippen LogP contribution < -0.4 is 5.56 Å². The minimum Gasteiger partial charge on any atom is -0.477 e. The molecule has 0 aliphatic carbocycles. The van der Waals surface area contributed by atoms with Crippen LogP contribution >= 0.6 is 0 Å². The number of nitrogens with one attached hydrogen (secondary N) is 1. The Morgan fingerprint density at radius 2 is 2.12 bits per heavy atom. The summed E-state index contributed by atoms with van der Waals surface area (Å²) in [5.41, 5.74) is -1.32. The molecule has 0 aliphatic heterocycles. The lowest BCUT2D eigenvalue weighted by molar-refractivity contribution is 0.0694. The van der Waals surface area contributed by atoms with E-state index in [-0.39, 0.29) is 16.8 Å². The Morgan fingerprint density at radius 1 is 1.47 bits per heavy atom. The van der Waals surface area contributed by atoms with Crippen molar-refractivity contribution in [2.45, 2.75) is 26.2 Å². The minimum atomic E-state index is -1.30. The third-order valence-electron chi connectivity index (χ3n) is 2.31. The number of hydrogen-bond donors (Lipinski definition) is 2. The highest BCUT2D eigenvalue weighted by Crippen LogP contribution is 2.17. The third kappa shape index (κ3) is 1.79. The fourth-order valence-electron chi connectivity index (χ4n) is 1.34. The summed E-state index contributed by atoms with van der Waals surface area (Å²) in [7, 11) is 0. The van der Waals surface area contributed by atoms with Crippen LogP contribution in [0.3, 0.4) is 0 Å². The summed E-state index contributed by atoms with van der Waals surface area (Å²) in [6.07, 6.45) is 1.02. The highest BCUT2D eigenvalue weighted by Gasteiger charge is 2.21. The lowest BCUT2D eigenvalue weighted by Gasteiger charge is -2.12. The van der Waals surface area contributed by atoms with E-state index >= 15 is 0 Å². The molecule has 0 atom stereocenters. The second-order valence-electron chi connectivity index (χ2n) is 4.74. The summed E-state index contributed by atoms with van der Waals surface area (Å²) < 4.78 is 1.05. The number of hydrogen-bond acceptors (Lipinski definition) is 4. The Hall–Kier alpha value is -2.18. The molecule has 2 rings (SSSR count). The highest BCUT2D eigenvalue weighted by molar-refractivity contribution is 5.86. The predicted molar refractivity (Wildman–Crippen MR) is 59.3 cm³/mol. The standard InChI is InChI=1S/C10H12N4O3/c1-10(2,3)8-12-9-11-4-5(7(16)17)6(15)14(9)13-8/h4H,1-3H3,(H,16,17)(H,11,12,13). The van der Waals surface area contributed by atoms with Crippen molar-refractivity contribution in [3.63, 3.8) is 0 Å². The molecular formula is C10H12N4O3. The number of fused-ring (bicyclic) bond motifs is 1. The van der Waals surface area contributed by atoms with Gasteiger partial charge in [-0.1, -0.05) is 20.8 Å². The number of carbonyl (C=O) groups is 1. The van der Waals surface area contributed by atoms with Crippen LogP contribution in [0.5, 0.6) is 0 Å². The van der Waals surface area contributed by atoms with Gasteiger partial charge in [-0.3, -0.25) is 9.89 Å². The average Bonchev–Trinajstić information content (AvgIpc) is 2.61. The first-order valence-corrected chi connectivity index (χ1v) is 5.02. The SMILES string of the molecule is CC(C)(C)c1nc2ncc(C(=O)O)c(=O)n2[nH]1. The van der Waals surface area contributed by atoms with Crippen LogP contribution in [0.4, 0.5) is 0 Å². The fraction of sp³-hybridized carbons (Fsp3) is 0.400. The molecule has 2 aromatic heterocycles. The molecule has 0 bridgehead atoms. The summed E-state index contributed by atoms with van der Waals surface area (Å²) in [5.74, 6) is -0.557. The van der Waals surface area contributed by atoms with E-state index in [4.69, 9.17) is 5.11 Å². The summed E-state index contributed by atoms with van der Waals surface area (Å²) in [6.45, 7) is 5.77. The van der Waals surface area contributed by atoms with Gasteiger partial charge >= 0.3 is 5.97 Å². The molecule has 0 aromatic carbocycles. The predicted octanol–water partition coefficient (Wildman–Crippen LogP) is 0.413. The van der Waals surface area contributed by atoms with Crippen LogP contribution in [-0.4, -0.2) is 30.7 Å². The Morgan fingerprint density at radius 3 is 2.65 bits per heavy atom. The van der Waals surface area contributed by atoms with Gasteiger partial charge in [-0.15, -0.1) is 0 Å². The molecule has 2 N–H and O–H groups in total. The lowest BCUT2D eigenvalue weighted by atomic mass is 9.96. The summed E-state index contributed by atoms with van der Waals surface area (Å²) in [6, 6.07) is 0. The molecule has 17 heavy (non-hydrogen) atoms. The minimum absolute atomic E-state index is 0.171.